The number of para-hydroxylation sites is 1. The Morgan fingerprint density at radius 1 is 1.15 bits per heavy atom. The maximum absolute atomic E-state index is 12.9. The number of carbonyl (C=O) groups excluding carboxylic acids is 1. The van der Waals surface area contributed by atoms with Gasteiger partial charge in [0.05, 0.1) is 11.1 Å². The number of fused-ring (bicyclic) bond motifs is 2. The average molecular weight is 360 g/mol. The van der Waals surface area contributed by atoms with Gasteiger partial charge in [0, 0.05) is 29.2 Å². The molecule has 2 aromatic carbocycles. The zero-order chi connectivity index (χ0) is 18.4. The molecule has 5 heteroatoms. The third-order valence-corrected chi connectivity index (χ3v) is 5.40. The number of likely N-dealkylation sites (tertiary alicyclic amines) is 1. The van der Waals surface area contributed by atoms with Gasteiger partial charge in [0.1, 0.15) is 11.5 Å². The number of phenolic OH excluding ortho intramolecular Hbond substituents is 1. The van der Waals surface area contributed by atoms with Crippen LogP contribution < -0.4 is 4.74 Å². The molecule has 1 saturated heterocycles. The van der Waals surface area contributed by atoms with Crippen LogP contribution in [0.5, 0.6) is 11.5 Å². The van der Waals surface area contributed by atoms with E-state index in [0.29, 0.717) is 29.2 Å². The maximum Gasteiger partial charge on any atom is 0.231 e. The second-order valence-corrected chi connectivity index (χ2v) is 7.15. The quantitative estimate of drug-likeness (QED) is 0.691. The molecular formula is C22H20N2O3. The van der Waals surface area contributed by atoms with E-state index >= 15 is 0 Å². The highest BCUT2D eigenvalue weighted by Gasteiger charge is 2.32. The number of rotatable bonds is 3. The summed E-state index contributed by atoms with van der Waals surface area (Å²) in [5.74, 6) is 0.834. The number of aromatic nitrogens is 1. The van der Waals surface area contributed by atoms with E-state index < -0.39 is 0 Å². The molecule has 0 aliphatic carbocycles. The molecule has 136 valence electrons. The van der Waals surface area contributed by atoms with Crippen LogP contribution in [-0.2, 0) is 6.54 Å². The molecule has 5 nitrogen and oxygen atoms in total. The van der Waals surface area contributed by atoms with Gasteiger partial charge in [0.25, 0.3) is 0 Å². The molecule has 0 saturated carbocycles. The summed E-state index contributed by atoms with van der Waals surface area (Å²) >= 11 is 0. The first-order chi connectivity index (χ1) is 13.2. The van der Waals surface area contributed by atoms with Gasteiger partial charge in [-0.3, -0.25) is 9.69 Å². The van der Waals surface area contributed by atoms with E-state index in [1.54, 1.807) is 18.2 Å². The first-order valence-electron chi connectivity index (χ1n) is 9.28. The van der Waals surface area contributed by atoms with Gasteiger partial charge < -0.3 is 14.8 Å². The van der Waals surface area contributed by atoms with Crippen molar-refractivity contribution in [2.75, 3.05) is 13.1 Å². The molecule has 1 aromatic heterocycles. The van der Waals surface area contributed by atoms with Gasteiger partial charge in [0.15, 0.2) is 5.76 Å². The van der Waals surface area contributed by atoms with Crippen molar-refractivity contribution in [3.63, 3.8) is 0 Å². The molecule has 3 aromatic rings. The zero-order valence-electron chi connectivity index (χ0n) is 14.9. The highest BCUT2D eigenvalue weighted by molar-refractivity contribution is 6.15. The molecule has 0 unspecified atom stereocenters. The molecule has 0 atom stereocenters. The van der Waals surface area contributed by atoms with Crippen molar-refractivity contribution in [2.24, 2.45) is 0 Å². The van der Waals surface area contributed by atoms with E-state index in [0.717, 1.165) is 29.6 Å². The summed E-state index contributed by atoms with van der Waals surface area (Å²) in [4.78, 5) is 18.4. The van der Waals surface area contributed by atoms with Crippen molar-refractivity contribution >= 4 is 22.8 Å². The van der Waals surface area contributed by atoms with Crippen LogP contribution in [0.1, 0.15) is 34.3 Å². The summed E-state index contributed by atoms with van der Waals surface area (Å²) in [5, 5.41) is 11.4. The summed E-state index contributed by atoms with van der Waals surface area (Å²) in [6.07, 6.45) is 5.99. The third-order valence-electron chi connectivity index (χ3n) is 5.40. The standard InChI is InChI=1S/C22H20N2O3/c25-19-8-7-16-21(26)20(11-14-12-23-18-6-2-1-5-15(14)18)27-22(16)17(19)13-24-9-3-4-10-24/h1-2,5-8,11-12,23,25H,3-4,9-10,13H2/b20-11-. The molecule has 2 aliphatic heterocycles. The molecule has 27 heavy (non-hydrogen) atoms. The van der Waals surface area contributed by atoms with Crippen molar-refractivity contribution in [2.45, 2.75) is 19.4 Å². The monoisotopic (exact) mass is 360 g/mol. The van der Waals surface area contributed by atoms with Gasteiger partial charge in [-0.1, -0.05) is 18.2 Å². The lowest BCUT2D eigenvalue weighted by Gasteiger charge is -2.17. The number of nitrogens with zero attached hydrogens (tertiary/aromatic N) is 1. The summed E-state index contributed by atoms with van der Waals surface area (Å²) in [6.45, 7) is 2.62. The van der Waals surface area contributed by atoms with E-state index in [4.69, 9.17) is 4.74 Å². The fourth-order valence-electron chi connectivity index (χ4n) is 3.97. The molecule has 2 aliphatic rings. The SMILES string of the molecule is O=C1/C(=C/c2c[nH]c3ccccc23)Oc2c1ccc(O)c2CN1CCCC1. The number of ketones is 1. The van der Waals surface area contributed by atoms with Crippen LogP contribution in [0.3, 0.4) is 0 Å². The number of Topliss-reactive ketones (excluding diaryl/α,β-unsaturated/α-hetero) is 1. The van der Waals surface area contributed by atoms with Crippen LogP contribution in [-0.4, -0.2) is 33.9 Å². The number of hydrogen-bond acceptors (Lipinski definition) is 4. The number of nitrogens with one attached hydrogen (secondary N) is 1. The van der Waals surface area contributed by atoms with Crippen molar-refractivity contribution in [3.8, 4) is 11.5 Å². The largest absolute Gasteiger partial charge is 0.507 e. The first kappa shape index (κ1) is 16.1. The minimum atomic E-state index is -0.141. The Morgan fingerprint density at radius 2 is 1.96 bits per heavy atom. The number of phenols is 1. The van der Waals surface area contributed by atoms with Crippen LogP contribution >= 0.6 is 0 Å². The zero-order valence-corrected chi connectivity index (χ0v) is 14.9. The first-order valence-corrected chi connectivity index (χ1v) is 9.28. The third kappa shape index (κ3) is 2.71. The van der Waals surface area contributed by atoms with E-state index in [1.807, 2.05) is 30.5 Å². The van der Waals surface area contributed by atoms with Gasteiger partial charge in [-0.2, -0.15) is 0 Å². The molecule has 0 amide bonds. The van der Waals surface area contributed by atoms with Gasteiger partial charge >= 0.3 is 0 Å². The second-order valence-electron chi connectivity index (χ2n) is 7.15. The Bertz CT molecular complexity index is 1070. The number of H-pyrrole nitrogens is 1. The molecule has 1 fully saturated rings. The normalized spacial score (nSPS) is 18.4. The minimum absolute atomic E-state index is 0.141. The van der Waals surface area contributed by atoms with Crippen LogP contribution in [0.15, 0.2) is 48.4 Å². The maximum atomic E-state index is 12.9. The molecule has 3 heterocycles. The molecule has 0 radical (unpaired) electrons. The van der Waals surface area contributed by atoms with Crippen LogP contribution in [0.4, 0.5) is 0 Å². The summed E-state index contributed by atoms with van der Waals surface area (Å²) in [7, 11) is 0. The summed E-state index contributed by atoms with van der Waals surface area (Å²) < 4.78 is 5.97. The Hall–Kier alpha value is -3.05. The van der Waals surface area contributed by atoms with Crippen LogP contribution in [0.2, 0.25) is 0 Å². The van der Waals surface area contributed by atoms with Crippen LogP contribution in [0.25, 0.3) is 17.0 Å². The van der Waals surface area contributed by atoms with E-state index in [9.17, 15) is 9.90 Å². The molecule has 0 spiro atoms. The number of aromatic hydroxyl groups is 1. The fraction of sp³-hybridized carbons (Fsp3) is 0.227. The number of aromatic amines is 1. The topological polar surface area (TPSA) is 65.6 Å². The minimum Gasteiger partial charge on any atom is -0.507 e. The highest BCUT2D eigenvalue weighted by atomic mass is 16.5. The predicted molar refractivity (Wildman–Crippen MR) is 104 cm³/mol. The molecule has 0 bridgehead atoms. The number of carbonyl (C=O) groups is 1. The fourth-order valence-corrected chi connectivity index (χ4v) is 3.97. The van der Waals surface area contributed by atoms with Gasteiger partial charge in [0.2, 0.25) is 5.78 Å². The Labute approximate surface area is 156 Å². The number of hydrogen-bond donors (Lipinski definition) is 2. The van der Waals surface area contributed by atoms with Crippen molar-refractivity contribution in [1.82, 2.24) is 9.88 Å². The van der Waals surface area contributed by atoms with Gasteiger partial charge in [-0.05, 0) is 50.2 Å². The van der Waals surface area contributed by atoms with E-state index in [1.165, 1.54) is 12.8 Å². The Balaban J connectivity index is 1.53. The predicted octanol–water partition coefficient (Wildman–Crippen LogP) is 4.09. The van der Waals surface area contributed by atoms with E-state index in [2.05, 4.69) is 9.88 Å². The highest BCUT2D eigenvalue weighted by Crippen LogP contribution is 2.40. The number of benzene rings is 2. The average Bonchev–Trinajstić information content (AvgIpc) is 3.39. The lowest BCUT2D eigenvalue weighted by Crippen LogP contribution is -2.18. The van der Waals surface area contributed by atoms with Gasteiger partial charge in [-0.15, -0.1) is 0 Å². The van der Waals surface area contributed by atoms with Crippen molar-refractivity contribution < 1.29 is 14.6 Å². The summed E-state index contributed by atoms with van der Waals surface area (Å²) in [5.41, 5.74) is 3.14. The molecular weight excluding hydrogens is 340 g/mol. The lowest BCUT2D eigenvalue weighted by molar-refractivity contribution is 0.101. The van der Waals surface area contributed by atoms with Gasteiger partial charge in [-0.25, -0.2) is 0 Å². The summed E-state index contributed by atoms with van der Waals surface area (Å²) in [6, 6.07) is 11.2. The number of allylic oxidation sites excluding steroid dienone is 1. The van der Waals surface area contributed by atoms with E-state index in [-0.39, 0.29) is 11.5 Å². The van der Waals surface area contributed by atoms with Crippen LogP contribution in [0, 0.1) is 0 Å². The molecule has 5 rings (SSSR count). The van der Waals surface area contributed by atoms with Crippen molar-refractivity contribution in [3.05, 3.63) is 65.0 Å². The smallest absolute Gasteiger partial charge is 0.231 e. The second kappa shape index (κ2) is 6.28. The Kier molecular flexibility index (Phi) is 3.76. The van der Waals surface area contributed by atoms with Crippen molar-refractivity contribution in [1.29, 1.82) is 0 Å². The Morgan fingerprint density at radius 3 is 2.81 bits per heavy atom. The number of ether oxygens (including phenoxy) is 1. The lowest BCUT2D eigenvalue weighted by atomic mass is 10.0. The molecule has 2 N–H and O–H groups in total.